The monoisotopic (exact) mass is 322 g/mol. The maximum absolute atomic E-state index is 12.3. The van der Waals surface area contributed by atoms with Gasteiger partial charge in [-0.3, -0.25) is 14.5 Å². The average molecular weight is 322 g/mol. The van der Waals surface area contributed by atoms with Crippen molar-refractivity contribution < 1.29 is 13.2 Å². The van der Waals surface area contributed by atoms with Crippen molar-refractivity contribution in [3.8, 4) is 0 Å². The zero-order chi connectivity index (χ0) is 15.7. The normalized spacial score (nSPS) is 24.9. The number of amides is 1. The Hall–Kier alpha value is -1.93. The number of amidine groups is 1. The Morgan fingerprint density at radius 1 is 1.41 bits per heavy atom. The summed E-state index contributed by atoms with van der Waals surface area (Å²) in [6.07, 6.45) is 0. The molecule has 0 spiro atoms. The summed E-state index contributed by atoms with van der Waals surface area (Å²) >= 11 is 0. The van der Waals surface area contributed by atoms with Crippen LogP contribution in [-0.4, -0.2) is 57.3 Å². The number of carbonyl (C=O) groups is 1. The lowest BCUT2D eigenvalue weighted by Crippen LogP contribution is -2.53. The summed E-state index contributed by atoms with van der Waals surface area (Å²) in [7, 11) is -3.55. The van der Waals surface area contributed by atoms with E-state index in [0.717, 1.165) is 13.1 Å². The standard InChI is InChI=1S/C14H18N4O3S/c1-10-8-15-6-7-18(10)13(19)9-16-14-11-4-2-3-5-12(11)22(20,21)17-14/h2-5,10,15H,6-9H2,1H3,(H,16,17)/t10-/m0/s1. The number of benzene rings is 1. The third-order valence-corrected chi connectivity index (χ3v) is 5.25. The first kappa shape index (κ1) is 15.0. The molecule has 0 bridgehead atoms. The number of fused-ring (bicyclic) bond motifs is 1. The van der Waals surface area contributed by atoms with E-state index in [4.69, 9.17) is 0 Å². The van der Waals surface area contributed by atoms with Gasteiger partial charge in [-0.2, -0.15) is 0 Å². The van der Waals surface area contributed by atoms with Crippen LogP contribution in [0.15, 0.2) is 34.2 Å². The van der Waals surface area contributed by atoms with Crippen LogP contribution in [-0.2, 0) is 14.8 Å². The Balaban J connectivity index is 1.78. The van der Waals surface area contributed by atoms with E-state index in [1.807, 2.05) is 6.92 Å². The molecule has 7 nitrogen and oxygen atoms in total. The summed E-state index contributed by atoms with van der Waals surface area (Å²) in [6.45, 7) is 4.09. The smallest absolute Gasteiger partial charge is 0.263 e. The second-order valence-corrected chi connectivity index (χ2v) is 7.06. The van der Waals surface area contributed by atoms with Crippen LogP contribution in [0.1, 0.15) is 12.5 Å². The van der Waals surface area contributed by atoms with Crippen LogP contribution >= 0.6 is 0 Å². The van der Waals surface area contributed by atoms with Gasteiger partial charge in [0.25, 0.3) is 10.0 Å². The van der Waals surface area contributed by atoms with Gasteiger partial charge in [-0.1, -0.05) is 12.1 Å². The van der Waals surface area contributed by atoms with Gasteiger partial charge in [0.05, 0.1) is 4.90 Å². The van der Waals surface area contributed by atoms with E-state index in [2.05, 4.69) is 15.0 Å². The molecule has 2 aliphatic heterocycles. The molecule has 1 fully saturated rings. The summed E-state index contributed by atoms with van der Waals surface area (Å²) in [4.78, 5) is 18.4. The third-order valence-electron chi connectivity index (χ3n) is 3.86. The van der Waals surface area contributed by atoms with E-state index in [1.165, 1.54) is 6.07 Å². The zero-order valence-corrected chi connectivity index (χ0v) is 13.1. The SMILES string of the molecule is C[C@H]1CNCCN1C(=O)CN=C1NS(=O)(=O)c2ccccc21. The van der Waals surface area contributed by atoms with Crippen molar-refractivity contribution in [2.24, 2.45) is 4.99 Å². The molecule has 1 aromatic rings. The van der Waals surface area contributed by atoms with Crippen LogP contribution in [0.5, 0.6) is 0 Å². The fourth-order valence-corrected chi connectivity index (χ4v) is 3.95. The molecule has 118 valence electrons. The summed E-state index contributed by atoms with van der Waals surface area (Å²) in [5, 5.41) is 3.22. The van der Waals surface area contributed by atoms with Crippen molar-refractivity contribution in [2.75, 3.05) is 26.2 Å². The molecule has 22 heavy (non-hydrogen) atoms. The number of piperazine rings is 1. The Morgan fingerprint density at radius 3 is 2.95 bits per heavy atom. The minimum absolute atomic E-state index is 0.0590. The summed E-state index contributed by atoms with van der Waals surface area (Å²) < 4.78 is 26.3. The van der Waals surface area contributed by atoms with Gasteiger partial charge in [0, 0.05) is 31.2 Å². The quantitative estimate of drug-likeness (QED) is 0.771. The topological polar surface area (TPSA) is 90.9 Å². The first-order valence-corrected chi connectivity index (χ1v) is 8.64. The minimum atomic E-state index is -3.55. The van der Waals surface area contributed by atoms with Crippen molar-refractivity contribution >= 4 is 21.8 Å². The van der Waals surface area contributed by atoms with E-state index in [1.54, 1.807) is 23.1 Å². The molecule has 1 amide bonds. The number of hydrogen-bond donors (Lipinski definition) is 2. The Bertz CT molecular complexity index is 729. The lowest BCUT2D eigenvalue weighted by molar-refractivity contribution is -0.132. The predicted octanol–water partition coefficient (Wildman–Crippen LogP) is -0.455. The lowest BCUT2D eigenvalue weighted by atomic mass is 10.2. The van der Waals surface area contributed by atoms with Gasteiger partial charge in [0.1, 0.15) is 12.4 Å². The number of hydrogen-bond acceptors (Lipinski definition) is 5. The average Bonchev–Trinajstić information content (AvgIpc) is 2.77. The molecular weight excluding hydrogens is 304 g/mol. The van der Waals surface area contributed by atoms with Crippen molar-refractivity contribution in [2.45, 2.75) is 17.9 Å². The highest BCUT2D eigenvalue weighted by atomic mass is 32.2. The summed E-state index contributed by atoms with van der Waals surface area (Å²) in [6, 6.07) is 6.74. The van der Waals surface area contributed by atoms with Crippen LogP contribution in [0.3, 0.4) is 0 Å². The third kappa shape index (κ3) is 2.71. The highest BCUT2D eigenvalue weighted by Gasteiger charge is 2.30. The fourth-order valence-electron chi connectivity index (χ4n) is 2.70. The van der Waals surface area contributed by atoms with Gasteiger partial charge in [-0.25, -0.2) is 8.42 Å². The summed E-state index contributed by atoms with van der Waals surface area (Å²) in [5.74, 6) is 0.150. The Kier molecular flexibility index (Phi) is 3.88. The van der Waals surface area contributed by atoms with E-state index in [0.29, 0.717) is 12.1 Å². The minimum Gasteiger partial charge on any atom is -0.336 e. The van der Waals surface area contributed by atoms with E-state index >= 15 is 0 Å². The van der Waals surface area contributed by atoms with Crippen LogP contribution in [0, 0.1) is 0 Å². The molecule has 0 radical (unpaired) electrons. The van der Waals surface area contributed by atoms with Crippen molar-refractivity contribution in [1.82, 2.24) is 14.9 Å². The van der Waals surface area contributed by atoms with Gasteiger partial charge < -0.3 is 10.2 Å². The first-order chi connectivity index (χ1) is 10.5. The number of nitrogens with zero attached hydrogens (tertiary/aromatic N) is 2. The molecule has 3 rings (SSSR count). The second kappa shape index (κ2) is 5.69. The molecule has 2 N–H and O–H groups in total. The van der Waals surface area contributed by atoms with Crippen LogP contribution in [0.4, 0.5) is 0 Å². The zero-order valence-electron chi connectivity index (χ0n) is 12.2. The highest BCUT2D eigenvalue weighted by Crippen LogP contribution is 2.22. The van der Waals surface area contributed by atoms with Gasteiger partial charge in [0.2, 0.25) is 5.91 Å². The molecule has 2 aliphatic rings. The van der Waals surface area contributed by atoms with Crippen LogP contribution in [0.25, 0.3) is 0 Å². The van der Waals surface area contributed by atoms with Crippen LogP contribution < -0.4 is 10.0 Å². The maximum atomic E-state index is 12.3. The largest absolute Gasteiger partial charge is 0.336 e. The first-order valence-electron chi connectivity index (χ1n) is 7.16. The molecule has 1 saturated heterocycles. The molecule has 1 aromatic carbocycles. The van der Waals surface area contributed by atoms with Crippen molar-refractivity contribution in [3.63, 3.8) is 0 Å². The molecule has 0 unspecified atom stereocenters. The number of rotatable bonds is 2. The van der Waals surface area contributed by atoms with E-state index < -0.39 is 10.0 Å². The molecular formula is C14H18N4O3S. The number of sulfonamides is 1. The molecule has 2 heterocycles. The van der Waals surface area contributed by atoms with Crippen molar-refractivity contribution in [3.05, 3.63) is 29.8 Å². The van der Waals surface area contributed by atoms with Gasteiger partial charge in [-0.15, -0.1) is 0 Å². The van der Waals surface area contributed by atoms with Crippen LogP contribution in [0.2, 0.25) is 0 Å². The Labute approximate surface area is 129 Å². The molecule has 1 atom stereocenters. The van der Waals surface area contributed by atoms with Gasteiger partial charge in [0.15, 0.2) is 0 Å². The lowest BCUT2D eigenvalue weighted by Gasteiger charge is -2.33. The fraction of sp³-hybridized carbons (Fsp3) is 0.429. The number of aliphatic imine (C=N–C) groups is 1. The molecule has 8 heteroatoms. The molecule has 0 saturated carbocycles. The summed E-state index contributed by atoms with van der Waals surface area (Å²) in [5.41, 5.74) is 0.517. The van der Waals surface area contributed by atoms with E-state index in [-0.39, 0.29) is 29.2 Å². The van der Waals surface area contributed by atoms with Crippen molar-refractivity contribution in [1.29, 1.82) is 0 Å². The maximum Gasteiger partial charge on any atom is 0.263 e. The molecule has 0 aliphatic carbocycles. The number of carbonyl (C=O) groups excluding carboxylic acids is 1. The Morgan fingerprint density at radius 2 is 2.18 bits per heavy atom. The highest BCUT2D eigenvalue weighted by molar-refractivity contribution is 7.90. The van der Waals surface area contributed by atoms with Gasteiger partial charge >= 0.3 is 0 Å². The van der Waals surface area contributed by atoms with Gasteiger partial charge in [-0.05, 0) is 19.1 Å². The second-order valence-electron chi connectivity index (χ2n) is 5.41. The predicted molar refractivity (Wildman–Crippen MR) is 82.2 cm³/mol. The van der Waals surface area contributed by atoms with E-state index in [9.17, 15) is 13.2 Å². The number of nitrogens with one attached hydrogen (secondary N) is 2. The molecule has 0 aromatic heterocycles.